The van der Waals surface area contributed by atoms with Crippen molar-refractivity contribution < 1.29 is 4.79 Å². The minimum atomic E-state index is -0.0658. The molecule has 0 aromatic carbocycles. The van der Waals surface area contributed by atoms with Gasteiger partial charge in [-0.3, -0.25) is 14.7 Å². The summed E-state index contributed by atoms with van der Waals surface area (Å²) in [5, 5.41) is 3.30. The van der Waals surface area contributed by atoms with Gasteiger partial charge in [0.2, 0.25) is 5.91 Å². The third-order valence-electron chi connectivity index (χ3n) is 6.62. The predicted octanol–water partition coefficient (Wildman–Crippen LogP) is 2.47. The zero-order valence-electron chi connectivity index (χ0n) is 17.9. The molecule has 2 aliphatic rings. The van der Waals surface area contributed by atoms with Gasteiger partial charge in [-0.1, -0.05) is 0 Å². The Labute approximate surface area is 172 Å². The normalized spacial score (nSPS) is 20.8. The fraction of sp³-hybridized carbons (Fsp3) is 0.682. The van der Waals surface area contributed by atoms with Crippen LogP contribution in [0.4, 0.5) is 0 Å². The fourth-order valence-electron chi connectivity index (χ4n) is 4.73. The van der Waals surface area contributed by atoms with Crippen molar-refractivity contribution in [3.8, 4) is 0 Å². The fourth-order valence-corrected chi connectivity index (χ4v) is 4.73. The maximum absolute atomic E-state index is 13.1. The summed E-state index contributed by atoms with van der Waals surface area (Å²) in [6.07, 6.45) is 5.30. The minimum Gasteiger partial charge on any atom is -0.343 e. The Kier molecular flexibility index (Phi) is 5.76. The van der Waals surface area contributed by atoms with Crippen molar-refractivity contribution in [1.82, 2.24) is 24.4 Å². The number of aromatic nitrogens is 3. The van der Waals surface area contributed by atoms with Crippen molar-refractivity contribution >= 4 is 11.6 Å². The number of H-pyrrole nitrogens is 1. The molecule has 1 unspecified atom stereocenters. The number of aryl methyl sites for hydroxylation is 1. The van der Waals surface area contributed by atoms with Gasteiger partial charge in [-0.15, -0.1) is 0 Å². The quantitative estimate of drug-likeness (QED) is 0.838. The zero-order valence-corrected chi connectivity index (χ0v) is 17.9. The molecule has 0 saturated carbocycles. The van der Waals surface area contributed by atoms with Crippen molar-refractivity contribution in [2.75, 3.05) is 26.2 Å². The van der Waals surface area contributed by atoms with Crippen molar-refractivity contribution in [2.24, 2.45) is 0 Å². The van der Waals surface area contributed by atoms with E-state index in [2.05, 4.69) is 28.8 Å². The molecule has 2 aromatic heterocycles. The lowest BCUT2D eigenvalue weighted by Gasteiger charge is -2.26. The number of rotatable bonds is 5. The van der Waals surface area contributed by atoms with Gasteiger partial charge in [0.15, 0.2) is 5.65 Å². The van der Waals surface area contributed by atoms with Crippen LogP contribution in [-0.4, -0.2) is 62.5 Å². The topological polar surface area (TPSA) is 73.7 Å². The number of nitrogens with zero attached hydrogens (tertiary/aromatic N) is 4. The Morgan fingerprint density at radius 2 is 2.00 bits per heavy atom. The summed E-state index contributed by atoms with van der Waals surface area (Å²) in [6, 6.07) is 2.56. The highest BCUT2D eigenvalue weighted by Crippen LogP contribution is 2.27. The van der Waals surface area contributed by atoms with Crippen LogP contribution in [0.5, 0.6) is 0 Å². The molecule has 7 heteroatoms. The van der Waals surface area contributed by atoms with Crippen LogP contribution in [0.3, 0.4) is 0 Å². The van der Waals surface area contributed by atoms with Crippen LogP contribution in [0.2, 0.25) is 0 Å². The van der Waals surface area contributed by atoms with Crippen molar-refractivity contribution in [3.05, 3.63) is 33.4 Å². The van der Waals surface area contributed by atoms with E-state index in [1.165, 1.54) is 6.42 Å². The average Bonchev–Trinajstić information content (AvgIpc) is 3.35. The minimum absolute atomic E-state index is 0.0658. The summed E-state index contributed by atoms with van der Waals surface area (Å²) in [4.78, 5) is 34.7. The first-order valence-corrected chi connectivity index (χ1v) is 11.1. The van der Waals surface area contributed by atoms with E-state index >= 15 is 0 Å². The Balaban J connectivity index is 1.52. The molecule has 7 nitrogen and oxygen atoms in total. The van der Waals surface area contributed by atoms with Gasteiger partial charge in [0.05, 0.1) is 0 Å². The van der Waals surface area contributed by atoms with Crippen LogP contribution >= 0.6 is 0 Å². The number of piperidine rings is 1. The molecule has 0 aliphatic carbocycles. The van der Waals surface area contributed by atoms with Crippen molar-refractivity contribution in [2.45, 2.75) is 71.3 Å². The van der Waals surface area contributed by atoms with Crippen LogP contribution < -0.4 is 5.56 Å². The molecule has 2 aromatic rings. The third kappa shape index (κ3) is 4.10. The molecule has 2 fully saturated rings. The first-order valence-electron chi connectivity index (χ1n) is 11.1. The largest absolute Gasteiger partial charge is 0.343 e. The molecule has 1 amide bonds. The maximum Gasteiger partial charge on any atom is 0.276 e. The number of hydrogen-bond acceptors (Lipinski definition) is 4. The maximum atomic E-state index is 13.1. The first-order chi connectivity index (χ1) is 13.9. The first kappa shape index (κ1) is 20.1. The summed E-state index contributed by atoms with van der Waals surface area (Å²) in [7, 11) is 0. The summed E-state index contributed by atoms with van der Waals surface area (Å²) in [5.74, 6) is 0.559. The summed E-state index contributed by atoms with van der Waals surface area (Å²) in [5.41, 5.74) is 3.08. The Morgan fingerprint density at radius 3 is 2.69 bits per heavy atom. The second-order valence-corrected chi connectivity index (χ2v) is 8.90. The van der Waals surface area contributed by atoms with E-state index in [1.54, 1.807) is 4.52 Å². The van der Waals surface area contributed by atoms with Crippen LogP contribution in [0.15, 0.2) is 10.9 Å². The van der Waals surface area contributed by atoms with E-state index in [9.17, 15) is 9.59 Å². The molecule has 0 bridgehead atoms. The highest BCUT2D eigenvalue weighted by atomic mass is 16.2. The summed E-state index contributed by atoms with van der Waals surface area (Å²) < 4.78 is 1.57. The van der Waals surface area contributed by atoms with E-state index in [0.29, 0.717) is 36.0 Å². The zero-order chi connectivity index (χ0) is 20.5. The van der Waals surface area contributed by atoms with Crippen molar-refractivity contribution in [1.29, 1.82) is 0 Å². The van der Waals surface area contributed by atoms with Gasteiger partial charge in [0.1, 0.15) is 0 Å². The highest BCUT2D eigenvalue weighted by molar-refractivity contribution is 5.76. The van der Waals surface area contributed by atoms with Gasteiger partial charge in [-0.2, -0.15) is 0 Å². The molecule has 0 radical (unpaired) electrons. The number of carbonyl (C=O) groups is 1. The smallest absolute Gasteiger partial charge is 0.276 e. The van der Waals surface area contributed by atoms with Gasteiger partial charge in [0, 0.05) is 61.0 Å². The number of hydrogen-bond donors (Lipinski definition) is 1. The molecular weight excluding hydrogens is 366 g/mol. The summed E-state index contributed by atoms with van der Waals surface area (Å²) >= 11 is 0. The number of likely N-dealkylation sites (tertiary alicyclic amines) is 2. The molecule has 29 heavy (non-hydrogen) atoms. The van der Waals surface area contributed by atoms with Gasteiger partial charge in [-0.05, 0) is 59.4 Å². The van der Waals surface area contributed by atoms with Crippen LogP contribution in [-0.2, 0) is 11.2 Å². The molecule has 4 rings (SSSR count). The van der Waals surface area contributed by atoms with E-state index in [0.717, 1.165) is 56.8 Å². The van der Waals surface area contributed by atoms with Gasteiger partial charge in [-0.25, -0.2) is 9.50 Å². The molecule has 1 atom stereocenters. The second-order valence-electron chi connectivity index (χ2n) is 8.90. The van der Waals surface area contributed by atoms with Gasteiger partial charge >= 0.3 is 0 Å². The van der Waals surface area contributed by atoms with E-state index in [4.69, 9.17) is 0 Å². The molecule has 2 aliphatic heterocycles. The Hall–Kier alpha value is -2.15. The van der Waals surface area contributed by atoms with Crippen LogP contribution in [0, 0.1) is 6.92 Å². The SMILES string of the molecule is Cc1nc2cc(C3CCN(C(C)C)C3)[nH]n2c(=O)c1CCC(=O)N1CCCCC1. The second kappa shape index (κ2) is 8.30. The number of fused-ring (bicyclic) bond motifs is 1. The number of aromatic amines is 1. The Bertz CT molecular complexity index is 939. The third-order valence-corrected chi connectivity index (χ3v) is 6.62. The molecule has 0 spiro atoms. The molecular formula is C22H33N5O2. The number of carbonyl (C=O) groups excluding carboxylic acids is 1. The highest BCUT2D eigenvalue weighted by Gasteiger charge is 2.27. The summed E-state index contributed by atoms with van der Waals surface area (Å²) in [6.45, 7) is 10.1. The van der Waals surface area contributed by atoms with Crippen LogP contribution in [0.1, 0.15) is 68.8 Å². The van der Waals surface area contributed by atoms with Gasteiger partial charge in [0.25, 0.3) is 5.56 Å². The molecule has 4 heterocycles. The lowest BCUT2D eigenvalue weighted by Crippen LogP contribution is -2.36. The standard InChI is InChI=1S/C22H33N5O2/c1-15(2)26-12-9-17(14-26)19-13-20-23-16(3)18(22(29)27(20)24-19)7-8-21(28)25-10-5-4-6-11-25/h13,15,17,24H,4-12,14H2,1-3H3. The molecule has 2 saturated heterocycles. The lowest BCUT2D eigenvalue weighted by molar-refractivity contribution is -0.132. The monoisotopic (exact) mass is 399 g/mol. The lowest BCUT2D eigenvalue weighted by atomic mass is 10.1. The van der Waals surface area contributed by atoms with Crippen molar-refractivity contribution in [3.63, 3.8) is 0 Å². The van der Waals surface area contributed by atoms with Crippen LogP contribution in [0.25, 0.3) is 5.65 Å². The van der Waals surface area contributed by atoms with E-state index < -0.39 is 0 Å². The number of amides is 1. The molecule has 158 valence electrons. The van der Waals surface area contributed by atoms with E-state index in [-0.39, 0.29) is 11.5 Å². The molecule has 1 N–H and O–H groups in total. The average molecular weight is 400 g/mol. The predicted molar refractivity (Wildman–Crippen MR) is 113 cm³/mol. The van der Waals surface area contributed by atoms with Gasteiger partial charge < -0.3 is 9.80 Å². The number of nitrogens with one attached hydrogen (secondary N) is 1. The Morgan fingerprint density at radius 1 is 1.24 bits per heavy atom. The van der Waals surface area contributed by atoms with E-state index in [1.807, 2.05) is 17.9 Å².